The first kappa shape index (κ1) is 13.3. The molecule has 0 aliphatic rings. The van der Waals surface area contributed by atoms with Crippen LogP contribution < -0.4 is 15.2 Å². The molecule has 17 heavy (non-hydrogen) atoms. The third kappa shape index (κ3) is 2.68. The van der Waals surface area contributed by atoms with Gasteiger partial charge < -0.3 is 19.9 Å². The van der Waals surface area contributed by atoms with Gasteiger partial charge in [0, 0.05) is 6.54 Å². The highest BCUT2D eigenvalue weighted by Crippen LogP contribution is 2.35. The third-order valence-electron chi connectivity index (χ3n) is 2.54. The van der Waals surface area contributed by atoms with Crippen molar-refractivity contribution in [3.05, 3.63) is 23.8 Å². The van der Waals surface area contributed by atoms with Gasteiger partial charge in [0.15, 0.2) is 0 Å². The predicted octanol–water partition coefficient (Wildman–Crippen LogP) is 0.919. The van der Waals surface area contributed by atoms with E-state index in [1.165, 1.54) is 21.3 Å². The van der Waals surface area contributed by atoms with Gasteiger partial charge in [-0.15, -0.1) is 0 Å². The smallest absolute Gasteiger partial charge is 0.314 e. The molecule has 1 unspecified atom stereocenters. The van der Waals surface area contributed by atoms with Crippen LogP contribution in [-0.4, -0.2) is 33.8 Å². The van der Waals surface area contributed by atoms with Crippen LogP contribution in [0.5, 0.6) is 11.5 Å². The van der Waals surface area contributed by atoms with Gasteiger partial charge in [0.1, 0.15) is 17.4 Å². The lowest BCUT2D eigenvalue weighted by atomic mass is 9.97. The molecule has 0 heterocycles. The number of benzene rings is 1. The summed E-state index contributed by atoms with van der Waals surface area (Å²) < 4.78 is 15.2. The number of nitrogens with two attached hydrogens (primary N) is 1. The van der Waals surface area contributed by atoms with E-state index in [1.54, 1.807) is 18.2 Å². The molecule has 5 nitrogen and oxygen atoms in total. The zero-order valence-electron chi connectivity index (χ0n) is 10.2. The number of rotatable bonds is 5. The minimum atomic E-state index is -0.592. The van der Waals surface area contributed by atoms with E-state index in [-0.39, 0.29) is 6.54 Å². The van der Waals surface area contributed by atoms with E-state index < -0.39 is 11.9 Å². The molecule has 0 saturated carbocycles. The van der Waals surface area contributed by atoms with Gasteiger partial charge in [0.05, 0.1) is 26.9 Å². The first-order valence-corrected chi connectivity index (χ1v) is 5.18. The summed E-state index contributed by atoms with van der Waals surface area (Å²) in [4.78, 5) is 11.7. The van der Waals surface area contributed by atoms with Crippen molar-refractivity contribution < 1.29 is 19.0 Å². The monoisotopic (exact) mass is 239 g/mol. The molecule has 1 aromatic rings. The van der Waals surface area contributed by atoms with Gasteiger partial charge in [-0.25, -0.2) is 0 Å². The number of esters is 1. The third-order valence-corrected chi connectivity index (χ3v) is 2.54. The van der Waals surface area contributed by atoms with Crippen LogP contribution in [0, 0.1) is 0 Å². The molecule has 5 heteroatoms. The molecular formula is C12H17NO4. The van der Waals surface area contributed by atoms with Crippen LogP contribution in [0.4, 0.5) is 0 Å². The quantitative estimate of drug-likeness (QED) is 0.774. The second kappa shape index (κ2) is 6.10. The van der Waals surface area contributed by atoms with Gasteiger partial charge >= 0.3 is 5.97 Å². The van der Waals surface area contributed by atoms with Crippen LogP contribution in [0.15, 0.2) is 18.2 Å². The predicted molar refractivity (Wildman–Crippen MR) is 63.4 cm³/mol. The number of carbonyl (C=O) groups is 1. The van der Waals surface area contributed by atoms with Crippen molar-refractivity contribution in [2.75, 3.05) is 27.9 Å². The van der Waals surface area contributed by atoms with Crippen molar-refractivity contribution in [1.29, 1.82) is 0 Å². The Labute approximate surface area is 100 Å². The summed E-state index contributed by atoms with van der Waals surface area (Å²) in [6, 6.07) is 5.29. The van der Waals surface area contributed by atoms with Gasteiger partial charge in [-0.3, -0.25) is 4.79 Å². The van der Waals surface area contributed by atoms with Crippen LogP contribution in [-0.2, 0) is 9.53 Å². The van der Waals surface area contributed by atoms with E-state index >= 15 is 0 Å². The molecule has 0 bridgehead atoms. The molecule has 0 spiro atoms. The van der Waals surface area contributed by atoms with Gasteiger partial charge in [0.2, 0.25) is 0 Å². The second-order valence-electron chi connectivity index (χ2n) is 3.39. The summed E-state index contributed by atoms with van der Waals surface area (Å²) in [5.41, 5.74) is 6.23. The number of methoxy groups -OCH3 is 3. The Kier molecular flexibility index (Phi) is 4.78. The van der Waals surface area contributed by atoms with Gasteiger partial charge in [-0.2, -0.15) is 0 Å². The Bertz CT molecular complexity index is 370. The zero-order valence-corrected chi connectivity index (χ0v) is 10.2. The summed E-state index contributed by atoms with van der Waals surface area (Å²) in [7, 11) is 4.39. The molecule has 1 aromatic carbocycles. The maximum atomic E-state index is 11.7. The van der Waals surface area contributed by atoms with Crippen molar-refractivity contribution in [3.63, 3.8) is 0 Å². The minimum absolute atomic E-state index is 0.128. The molecule has 94 valence electrons. The Morgan fingerprint density at radius 1 is 1.24 bits per heavy atom. The van der Waals surface area contributed by atoms with E-state index in [4.69, 9.17) is 19.9 Å². The molecule has 0 radical (unpaired) electrons. The Hall–Kier alpha value is -1.75. The average molecular weight is 239 g/mol. The molecule has 1 rings (SSSR count). The SMILES string of the molecule is COC(=O)C(CN)c1c(OC)cccc1OC. The first-order valence-electron chi connectivity index (χ1n) is 5.18. The molecule has 0 aromatic heterocycles. The topological polar surface area (TPSA) is 70.8 Å². The summed E-state index contributed by atoms with van der Waals surface area (Å²) in [5.74, 6) is 0.122. The normalized spacial score (nSPS) is 11.8. The average Bonchev–Trinajstić information content (AvgIpc) is 2.39. The summed E-state index contributed by atoms with van der Waals surface area (Å²) >= 11 is 0. The molecular weight excluding hydrogens is 222 g/mol. The number of ether oxygens (including phenoxy) is 3. The lowest BCUT2D eigenvalue weighted by Crippen LogP contribution is -2.23. The Morgan fingerprint density at radius 2 is 1.76 bits per heavy atom. The van der Waals surface area contributed by atoms with Gasteiger partial charge in [0.25, 0.3) is 0 Å². The Balaban J connectivity index is 3.29. The van der Waals surface area contributed by atoms with E-state index in [1.807, 2.05) is 0 Å². The first-order chi connectivity index (χ1) is 8.19. The molecule has 0 saturated heterocycles. The summed E-state index contributed by atoms with van der Waals surface area (Å²) in [5, 5.41) is 0. The van der Waals surface area contributed by atoms with E-state index in [2.05, 4.69) is 0 Å². The maximum absolute atomic E-state index is 11.7. The lowest BCUT2D eigenvalue weighted by Gasteiger charge is -2.18. The van der Waals surface area contributed by atoms with E-state index in [0.29, 0.717) is 17.1 Å². The lowest BCUT2D eigenvalue weighted by molar-refractivity contribution is -0.142. The molecule has 0 amide bonds. The van der Waals surface area contributed by atoms with Crippen LogP contribution in [0.3, 0.4) is 0 Å². The van der Waals surface area contributed by atoms with Crippen molar-refractivity contribution in [3.8, 4) is 11.5 Å². The Morgan fingerprint density at radius 3 is 2.12 bits per heavy atom. The van der Waals surface area contributed by atoms with Gasteiger partial charge in [-0.1, -0.05) is 6.07 Å². The molecule has 0 fully saturated rings. The summed E-state index contributed by atoms with van der Waals surface area (Å²) in [6.07, 6.45) is 0. The van der Waals surface area contributed by atoms with E-state index in [0.717, 1.165) is 0 Å². The number of hydrogen-bond donors (Lipinski definition) is 1. The highest BCUT2D eigenvalue weighted by Gasteiger charge is 2.26. The highest BCUT2D eigenvalue weighted by atomic mass is 16.5. The second-order valence-corrected chi connectivity index (χ2v) is 3.39. The van der Waals surface area contributed by atoms with Crippen molar-refractivity contribution >= 4 is 5.97 Å². The molecule has 0 aliphatic heterocycles. The van der Waals surface area contributed by atoms with Crippen molar-refractivity contribution in [2.24, 2.45) is 5.73 Å². The van der Waals surface area contributed by atoms with Crippen molar-refractivity contribution in [2.45, 2.75) is 5.92 Å². The number of hydrogen-bond acceptors (Lipinski definition) is 5. The fourth-order valence-electron chi connectivity index (χ4n) is 1.70. The van der Waals surface area contributed by atoms with Crippen LogP contribution >= 0.6 is 0 Å². The standard InChI is InChI=1S/C12H17NO4/c1-15-9-5-4-6-10(16-2)11(9)8(7-13)12(14)17-3/h4-6,8H,7,13H2,1-3H3. The largest absolute Gasteiger partial charge is 0.496 e. The highest BCUT2D eigenvalue weighted by molar-refractivity contribution is 5.80. The minimum Gasteiger partial charge on any atom is -0.496 e. The van der Waals surface area contributed by atoms with Crippen LogP contribution in [0.25, 0.3) is 0 Å². The van der Waals surface area contributed by atoms with Crippen LogP contribution in [0.1, 0.15) is 11.5 Å². The number of carbonyl (C=O) groups excluding carboxylic acids is 1. The van der Waals surface area contributed by atoms with Crippen LogP contribution in [0.2, 0.25) is 0 Å². The van der Waals surface area contributed by atoms with E-state index in [9.17, 15) is 4.79 Å². The summed E-state index contributed by atoms with van der Waals surface area (Å²) in [6.45, 7) is 0.128. The fourth-order valence-corrected chi connectivity index (χ4v) is 1.70. The fraction of sp³-hybridized carbons (Fsp3) is 0.417. The van der Waals surface area contributed by atoms with Gasteiger partial charge in [-0.05, 0) is 12.1 Å². The zero-order chi connectivity index (χ0) is 12.8. The molecule has 1 atom stereocenters. The van der Waals surface area contributed by atoms with Crippen molar-refractivity contribution in [1.82, 2.24) is 0 Å². The molecule has 2 N–H and O–H groups in total. The maximum Gasteiger partial charge on any atom is 0.314 e. The molecule has 0 aliphatic carbocycles.